The Bertz CT molecular complexity index is 145. The van der Waals surface area contributed by atoms with Gasteiger partial charge in [0.05, 0.1) is 12.3 Å². The Labute approximate surface area is 67.4 Å². The van der Waals surface area contributed by atoms with Crippen LogP contribution in [0.2, 0.25) is 0 Å². The van der Waals surface area contributed by atoms with Crippen LogP contribution in [0.1, 0.15) is 26.7 Å². The van der Waals surface area contributed by atoms with Crippen LogP contribution in [0.25, 0.3) is 0 Å². The number of ether oxygens (including phenoxy) is 1. The minimum atomic E-state index is 0.168. The SMILES string of the molecule is CCCOCC1CC(C)=NO1. The van der Waals surface area contributed by atoms with E-state index in [-0.39, 0.29) is 6.10 Å². The van der Waals surface area contributed by atoms with E-state index < -0.39 is 0 Å². The van der Waals surface area contributed by atoms with E-state index in [0.29, 0.717) is 6.61 Å². The topological polar surface area (TPSA) is 30.8 Å². The molecule has 1 aliphatic rings. The fraction of sp³-hybridized carbons (Fsp3) is 0.875. The molecule has 1 rings (SSSR count). The van der Waals surface area contributed by atoms with E-state index >= 15 is 0 Å². The van der Waals surface area contributed by atoms with Crippen LogP contribution >= 0.6 is 0 Å². The molecule has 0 bridgehead atoms. The van der Waals surface area contributed by atoms with Gasteiger partial charge in [-0.1, -0.05) is 12.1 Å². The summed E-state index contributed by atoms with van der Waals surface area (Å²) in [5.74, 6) is 0. The second-order valence-electron chi connectivity index (χ2n) is 2.83. The lowest BCUT2D eigenvalue weighted by Gasteiger charge is -2.07. The molecular formula is C8H15NO2. The van der Waals surface area contributed by atoms with Crippen LogP contribution in [0.15, 0.2) is 5.16 Å². The third-order valence-corrected chi connectivity index (χ3v) is 1.53. The highest BCUT2D eigenvalue weighted by Gasteiger charge is 2.17. The highest BCUT2D eigenvalue weighted by atomic mass is 16.7. The molecule has 1 aliphatic heterocycles. The minimum Gasteiger partial charge on any atom is -0.390 e. The van der Waals surface area contributed by atoms with Crippen LogP contribution < -0.4 is 0 Å². The minimum absolute atomic E-state index is 0.168. The van der Waals surface area contributed by atoms with E-state index in [4.69, 9.17) is 9.57 Å². The molecule has 0 saturated heterocycles. The summed E-state index contributed by atoms with van der Waals surface area (Å²) in [7, 11) is 0. The molecule has 0 spiro atoms. The van der Waals surface area contributed by atoms with Gasteiger partial charge in [0.25, 0.3) is 0 Å². The highest BCUT2D eigenvalue weighted by Crippen LogP contribution is 2.09. The van der Waals surface area contributed by atoms with Gasteiger partial charge >= 0.3 is 0 Å². The molecule has 64 valence electrons. The van der Waals surface area contributed by atoms with Gasteiger partial charge in [0.1, 0.15) is 0 Å². The van der Waals surface area contributed by atoms with E-state index in [2.05, 4.69) is 12.1 Å². The lowest BCUT2D eigenvalue weighted by molar-refractivity contribution is 0.00312. The largest absolute Gasteiger partial charge is 0.390 e. The van der Waals surface area contributed by atoms with Crippen LogP contribution in [-0.4, -0.2) is 25.0 Å². The summed E-state index contributed by atoms with van der Waals surface area (Å²) in [5.41, 5.74) is 1.06. The van der Waals surface area contributed by atoms with Crippen molar-refractivity contribution >= 4 is 5.71 Å². The van der Waals surface area contributed by atoms with Crippen molar-refractivity contribution in [2.75, 3.05) is 13.2 Å². The van der Waals surface area contributed by atoms with Crippen LogP contribution in [0.3, 0.4) is 0 Å². The third kappa shape index (κ3) is 2.89. The van der Waals surface area contributed by atoms with Gasteiger partial charge < -0.3 is 9.57 Å². The fourth-order valence-corrected chi connectivity index (χ4v) is 1.02. The number of hydrogen-bond donors (Lipinski definition) is 0. The summed E-state index contributed by atoms with van der Waals surface area (Å²) in [6.07, 6.45) is 2.15. The second-order valence-corrected chi connectivity index (χ2v) is 2.83. The first-order chi connectivity index (χ1) is 5.33. The zero-order valence-electron chi connectivity index (χ0n) is 7.17. The van der Waals surface area contributed by atoms with Gasteiger partial charge in [-0.25, -0.2) is 0 Å². The molecule has 0 amide bonds. The number of hydrogen-bond acceptors (Lipinski definition) is 3. The summed E-state index contributed by atoms with van der Waals surface area (Å²) < 4.78 is 5.32. The maximum atomic E-state index is 5.32. The Morgan fingerprint density at radius 3 is 3.09 bits per heavy atom. The van der Waals surface area contributed by atoms with Gasteiger partial charge in [-0.3, -0.25) is 0 Å². The van der Waals surface area contributed by atoms with E-state index in [0.717, 1.165) is 25.2 Å². The molecule has 3 heteroatoms. The first-order valence-electron chi connectivity index (χ1n) is 4.10. The summed E-state index contributed by atoms with van der Waals surface area (Å²) in [4.78, 5) is 5.07. The van der Waals surface area contributed by atoms with E-state index in [1.165, 1.54) is 0 Å². The summed E-state index contributed by atoms with van der Waals surface area (Å²) in [6, 6.07) is 0. The second kappa shape index (κ2) is 4.34. The molecule has 11 heavy (non-hydrogen) atoms. The lowest BCUT2D eigenvalue weighted by Crippen LogP contribution is -2.15. The smallest absolute Gasteiger partial charge is 0.156 e. The molecular weight excluding hydrogens is 142 g/mol. The van der Waals surface area contributed by atoms with Crippen molar-refractivity contribution in [1.82, 2.24) is 0 Å². The Balaban J connectivity index is 2.02. The molecule has 0 N–H and O–H groups in total. The average Bonchev–Trinajstić information content (AvgIpc) is 2.37. The Hall–Kier alpha value is -0.570. The number of rotatable bonds is 4. The van der Waals surface area contributed by atoms with Crippen molar-refractivity contribution in [3.63, 3.8) is 0 Å². The zero-order chi connectivity index (χ0) is 8.10. The van der Waals surface area contributed by atoms with E-state index in [9.17, 15) is 0 Å². The van der Waals surface area contributed by atoms with Gasteiger partial charge in [0.2, 0.25) is 0 Å². The number of oxime groups is 1. The van der Waals surface area contributed by atoms with Gasteiger partial charge in [-0.2, -0.15) is 0 Å². The van der Waals surface area contributed by atoms with Crippen molar-refractivity contribution in [1.29, 1.82) is 0 Å². The quantitative estimate of drug-likeness (QED) is 0.580. The molecule has 0 radical (unpaired) electrons. The van der Waals surface area contributed by atoms with Crippen molar-refractivity contribution in [2.45, 2.75) is 32.8 Å². The third-order valence-electron chi connectivity index (χ3n) is 1.53. The van der Waals surface area contributed by atoms with Crippen LogP contribution in [0.5, 0.6) is 0 Å². The molecule has 3 nitrogen and oxygen atoms in total. The predicted molar refractivity (Wildman–Crippen MR) is 43.7 cm³/mol. The molecule has 0 aromatic heterocycles. The van der Waals surface area contributed by atoms with Crippen molar-refractivity contribution in [3.05, 3.63) is 0 Å². The zero-order valence-corrected chi connectivity index (χ0v) is 7.17. The highest BCUT2D eigenvalue weighted by molar-refractivity contribution is 5.82. The first kappa shape index (κ1) is 8.53. The first-order valence-corrected chi connectivity index (χ1v) is 4.10. The maximum absolute atomic E-state index is 5.32. The monoisotopic (exact) mass is 157 g/mol. The van der Waals surface area contributed by atoms with E-state index in [1.807, 2.05) is 6.92 Å². The van der Waals surface area contributed by atoms with Crippen molar-refractivity contribution in [2.24, 2.45) is 5.16 Å². The molecule has 0 fully saturated rings. The molecule has 0 aromatic rings. The number of nitrogens with zero attached hydrogens (tertiary/aromatic N) is 1. The molecule has 0 aromatic carbocycles. The normalized spacial score (nSPS) is 23.1. The van der Waals surface area contributed by atoms with Gasteiger partial charge in [0.15, 0.2) is 6.10 Å². The molecule has 1 atom stereocenters. The molecule has 0 saturated carbocycles. The van der Waals surface area contributed by atoms with E-state index in [1.54, 1.807) is 0 Å². The van der Waals surface area contributed by atoms with Gasteiger partial charge in [0, 0.05) is 13.0 Å². The van der Waals surface area contributed by atoms with Gasteiger partial charge in [-0.05, 0) is 13.3 Å². The standard InChI is InChI=1S/C8H15NO2/c1-3-4-10-6-8-5-7(2)9-11-8/h8H,3-6H2,1-2H3. The summed E-state index contributed by atoms with van der Waals surface area (Å²) >= 11 is 0. The molecule has 1 unspecified atom stereocenters. The Kier molecular flexibility index (Phi) is 3.36. The summed E-state index contributed by atoms with van der Waals surface area (Å²) in [6.45, 7) is 5.56. The average molecular weight is 157 g/mol. The fourth-order valence-electron chi connectivity index (χ4n) is 1.02. The van der Waals surface area contributed by atoms with Crippen LogP contribution in [-0.2, 0) is 9.57 Å². The van der Waals surface area contributed by atoms with Crippen molar-refractivity contribution < 1.29 is 9.57 Å². The molecule has 1 heterocycles. The molecule has 0 aliphatic carbocycles. The Morgan fingerprint density at radius 2 is 2.55 bits per heavy atom. The van der Waals surface area contributed by atoms with Crippen LogP contribution in [0, 0.1) is 0 Å². The van der Waals surface area contributed by atoms with Gasteiger partial charge in [-0.15, -0.1) is 0 Å². The lowest BCUT2D eigenvalue weighted by atomic mass is 10.2. The van der Waals surface area contributed by atoms with Crippen LogP contribution in [0.4, 0.5) is 0 Å². The maximum Gasteiger partial charge on any atom is 0.156 e. The van der Waals surface area contributed by atoms with Crippen molar-refractivity contribution in [3.8, 4) is 0 Å². The summed E-state index contributed by atoms with van der Waals surface area (Å²) in [5, 5.41) is 3.83. The Morgan fingerprint density at radius 1 is 1.73 bits per heavy atom. The predicted octanol–water partition coefficient (Wildman–Crippen LogP) is 1.58.